The molecule has 1 aromatic carbocycles. The van der Waals surface area contributed by atoms with E-state index in [0.29, 0.717) is 17.3 Å². The van der Waals surface area contributed by atoms with E-state index in [9.17, 15) is 9.50 Å². The molecule has 1 fully saturated rings. The van der Waals surface area contributed by atoms with E-state index in [0.717, 1.165) is 12.8 Å². The van der Waals surface area contributed by atoms with Gasteiger partial charge in [0, 0.05) is 13.1 Å². The number of anilines is 1. The van der Waals surface area contributed by atoms with E-state index < -0.39 is 6.10 Å². The largest absolute Gasteiger partial charge is 0.389 e. The van der Waals surface area contributed by atoms with Gasteiger partial charge in [0.05, 0.1) is 11.8 Å². The molecule has 1 saturated carbocycles. The van der Waals surface area contributed by atoms with Crippen molar-refractivity contribution in [3.8, 4) is 0 Å². The third-order valence-electron chi connectivity index (χ3n) is 3.46. The summed E-state index contributed by atoms with van der Waals surface area (Å²) in [6.07, 6.45) is 2.92. The molecule has 1 aromatic rings. The van der Waals surface area contributed by atoms with Gasteiger partial charge in [-0.05, 0) is 43.9 Å². The summed E-state index contributed by atoms with van der Waals surface area (Å²) in [7, 11) is 1.93. The number of rotatable bonds is 3. The van der Waals surface area contributed by atoms with E-state index in [4.69, 9.17) is 0 Å². The fraction of sp³-hybridized carbons (Fsp3) is 0.538. The molecule has 3 heteroatoms. The molecule has 2 rings (SSSR count). The Kier molecular flexibility index (Phi) is 3.15. The van der Waals surface area contributed by atoms with E-state index in [1.165, 1.54) is 12.5 Å². The number of hydrogen-bond acceptors (Lipinski definition) is 2. The third-order valence-corrected chi connectivity index (χ3v) is 3.46. The van der Waals surface area contributed by atoms with Crippen LogP contribution in [0.5, 0.6) is 0 Å². The van der Waals surface area contributed by atoms with Gasteiger partial charge < -0.3 is 10.0 Å². The Morgan fingerprint density at radius 2 is 2.12 bits per heavy atom. The van der Waals surface area contributed by atoms with Crippen molar-refractivity contribution in [1.82, 2.24) is 0 Å². The van der Waals surface area contributed by atoms with Crippen LogP contribution in [0.4, 0.5) is 10.1 Å². The molecule has 1 aliphatic carbocycles. The lowest BCUT2D eigenvalue weighted by Crippen LogP contribution is -2.37. The molecule has 0 spiro atoms. The van der Waals surface area contributed by atoms with Gasteiger partial charge in [0.2, 0.25) is 0 Å². The highest BCUT2D eigenvalue weighted by molar-refractivity contribution is 5.50. The first-order chi connectivity index (χ1) is 7.59. The summed E-state index contributed by atoms with van der Waals surface area (Å²) in [4.78, 5) is 2.00. The summed E-state index contributed by atoms with van der Waals surface area (Å²) >= 11 is 0. The zero-order chi connectivity index (χ0) is 11.7. The standard InChI is InChI=1S/C13H18FNO/c1-9(16)10-6-7-13(12(14)8-10)15(2)11-4-3-5-11/h6-9,11,16H,3-5H2,1-2H3/t9-/m1/s1. The molecule has 0 radical (unpaired) electrons. The van der Waals surface area contributed by atoms with Crippen LogP contribution in [0, 0.1) is 5.82 Å². The first-order valence-electron chi connectivity index (χ1n) is 5.80. The Hall–Kier alpha value is -1.09. The van der Waals surface area contributed by atoms with Crippen LogP contribution >= 0.6 is 0 Å². The van der Waals surface area contributed by atoms with Crippen molar-refractivity contribution < 1.29 is 9.50 Å². The molecule has 1 atom stereocenters. The van der Waals surface area contributed by atoms with Crippen LogP contribution in [0.25, 0.3) is 0 Å². The SMILES string of the molecule is C[C@@H](O)c1ccc(N(C)C2CCC2)c(F)c1. The second-order valence-electron chi connectivity index (χ2n) is 4.58. The summed E-state index contributed by atoms with van der Waals surface area (Å²) < 4.78 is 13.8. The summed E-state index contributed by atoms with van der Waals surface area (Å²) in [5.41, 5.74) is 1.26. The molecule has 0 aromatic heterocycles. The van der Waals surface area contributed by atoms with Crippen molar-refractivity contribution in [2.45, 2.75) is 38.3 Å². The molecule has 1 aliphatic rings. The van der Waals surface area contributed by atoms with Gasteiger partial charge in [0.25, 0.3) is 0 Å². The zero-order valence-electron chi connectivity index (χ0n) is 9.78. The highest BCUT2D eigenvalue weighted by atomic mass is 19.1. The normalized spacial score (nSPS) is 18.0. The second kappa shape index (κ2) is 4.42. The van der Waals surface area contributed by atoms with Gasteiger partial charge in [-0.3, -0.25) is 0 Å². The van der Waals surface area contributed by atoms with Crippen molar-refractivity contribution in [1.29, 1.82) is 0 Å². The fourth-order valence-corrected chi connectivity index (χ4v) is 2.04. The van der Waals surface area contributed by atoms with Crippen LogP contribution in [-0.4, -0.2) is 18.2 Å². The highest BCUT2D eigenvalue weighted by Crippen LogP contribution is 2.30. The minimum absolute atomic E-state index is 0.243. The molecule has 2 nitrogen and oxygen atoms in total. The minimum Gasteiger partial charge on any atom is -0.389 e. The summed E-state index contributed by atoms with van der Waals surface area (Å²) in [6.45, 7) is 1.64. The second-order valence-corrected chi connectivity index (χ2v) is 4.58. The van der Waals surface area contributed by atoms with Crippen LogP contribution in [-0.2, 0) is 0 Å². The van der Waals surface area contributed by atoms with Gasteiger partial charge in [-0.25, -0.2) is 4.39 Å². The van der Waals surface area contributed by atoms with E-state index >= 15 is 0 Å². The monoisotopic (exact) mass is 223 g/mol. The lowest BCUT2D eigenvalue weighted by Gasteiger charge is -2.36. The van der Waals surface area contributed by atoms with Gasteiger partial charge in [-0.2, -0.15) is 0 Å². The molecular weight excluding hydrogens is 205 g/mol. The van der Waals surface area contributed by atoms with Gasteiger partial charge in [-0.15, -0.1) is 0 Å². The molecule has 88 valence electrons. The smallest absolute Gasteiger partial charge is 0.146 e. The predicted octanol–water partition coefficient (Wildman–Crippen LogP) is 2.87. The molecule has 0 saturated heterocycles. The van der Waals surface area contributed by atoms with Crippen LogP contribution in [0.3, 0.4) is 0 Å². The highest BCUT2D eigenvalue weighted by Gasteiger charge is 2.24. The predicted molar refractivity (Wildman–Crippen MR) is 63.1 cm³/mol. The molecule has 0 amide bonds. The first-order valence-corrected chi connectivity index (χ1v) is 5.80. The van der Waals surface area contributed by atoms with Gasteiger partial charge in [0.1, 0.15) is 5.82 Å². The summed E-state index contributed by atoms with van der Waals surface area (Å²) in [5, 5.41) is 9.36. The number of aliphatic hydroxyl groups is 1. The number of nitrogens with zero attached hydrogens (tertiary/aromatic N) is 1. The quantitative estimate of drug-likeness (QED) is 0.851. The Labute approximate surface area is 95.7 Å². The molecule has 0 aliphatic heterocycles. The van der Waals surface area contributed by atoms with Crippen LogP contribution in [0.2, 0.25) is 0 Å². The Morgan fingerprint density at radius 3 is 2.56 bits per heavy atom. The Bertz CT molecular complexity index is 374. The van der Waals surface area contributed by atoms with E-state index in [2.05, 4.69) is 0 Å². The number of hydrogen-bond donors (Lipinski definition) is 1. The fourth-order valence-electron chi connectivity index (χ4n) is 2.04. The van der Waals surface area contributed by atoms with E-state index in [1.807, 2.05) is 11.9 Å². The van der Waals surface area contributed by atoms with Gasteiger partial charge in [-0.1, -0.05) is 6.07 Å². The maximum atomic E-state index is 13.8. The number of halogens is 1. The van der Waals surface area contributed by atoms with Crippen molar-refractivity contribution in [2.24, 2.45) is 0 Å². The Morgan fingerprint density at radius 1 is 1.44 bits per heavy atom. The maximum absolute atomic E-state index is 13.8. The summed E-state index contributed by atoms with van der Waals surface area (Å²) in [6, 6.07) is 5.45. The molecule has 1 N–H and O–H groups in total. The number of aliphatic hydroxyl groups excluding tert-OH is 1. The maximum Gasteiger partial charge on any atom is 0.146 e. The lowest BCUT2D eigenvalue weighted by molar-refractivity contribution is 0.199. The average molecular weight is 223 g/mol. The Balaban J connectivity index is 2.21. The average Bonchev–Trinajstić information content (AvgIpc) is 2.14. The van der Waals surface area contributed by atoms with Crippen molar-refractivity contribution in [2.75, 3.05) is 11.9 Å². The number of benzene rings is 1. The topological polar surface area (TPSA) is 23.5 Å². The molecular formula is C13H18FNO. The molecule has 0 bridgehead atoms. The summed E-state index contributed by atoms with van der Waals surface area (Å²) in [5.74, 6) is -0.243. The van der Waals surface area contributed by atoms with Crippen molar-refractivity contribution >= 4 is 5.69 Å². The van der Waals surface area contributed by atoms with Crippen LogP contribution in [0.15, 0.2) is 18.2 Å². The van der Waals surface area contributed by atoms with Gasteiger partial charge >= 0.3 is 0 Å². The molecule has 0 unspecified atom stereocenters. The minimum atomic E-state index is -0.613. The zero-order valence-corrected chi connectivity index (χ0v) is 9.78. The third kappa shape index (κ3) is 2.05. The first kappa shape index (κ1) is 11.4. The van der Waals surface area contributed by atoms with Gasteiger partial charge in [0.15, 0.2) is 0 Å². The van der Waals surface area contributed by atoms with E-state index in [1.54, 1.807) is 19.1 Å². The lowest BCUT2D eigenvalue weighted by atomic mass is 9.91. The van der Waals surface area contributed by atoms with Crippen molar-refractivity contribution in [3.63, 3.8) is 0 Å². The van der Waals surface area contributed by atoms with Crippen LogP contribution < -0.4 is 4.90 Å². The van der Waals surface area contributed by atoms with E-state index in [-0.39, 0.29) is 5.82 Å². The van der Waals surface area contributed by atoms with Crippen molar-refractivity contribution in [3.05, 3.63) is 29.6 Å². The molecule has 0 heterocycles. The van der Waals surface area contributed by atoms with Crippen LogP contribution in [0.1, 0.15) is 37.9 Å². The molecule has 16 heavy (non-hydrogen) atoms.